The van der Waals surface area contributed by atoms with Crippen LogP contribution in [0.4, 0.5) is 5.69 Å². The van der Waals surface area contributed by atoms with E-state index in [1.165, 1.54) is 10.6 Å². The number of halogens is 1. The monoisotopic (exact) mass is 490 g/mol. The molecule has 35 heavy (non-hydrogen) atoms. The first kappa shape index (κ1) is 22.9. The SMILES string of the molecule is O=C(N[C@@H]1CCOC[C@H]1C(=O)Nc1ccc(-n2ccccc2=O)cc1)c1ccc2c(Cl)c[nH]c2c1. The van der Waals surface area contributed by atoms with Gasteiger partial charge >= 0.3 is 0 Å². The Morgan fingerprint density at radius 2 is 1.91 bits per heavy atom. The van der Waals surface area contributed by atoms with Crippen molar-refractivity contribution in [1.82, 2.24) is 14.9 Å². The summed E-state index contributed by atoms with van der Waals surface area (Å²) in [6, 6.07) is 16.8. The number of anilines is 1. The Balaban J connectivity index is 1.27. The van der Waals surface area contributed by atoms with E-state index in [2.05, 4.69) is 15.6 Å². The number of nitrogens with one attached hydrogen (secondary N) is 3. The summed E-state index contributed by atoms with van der Waals surface area (Å²) in [6.07, 6.45) is 3.89. The van der Waals surface area contributed by atoms with Crippen molar-refractivity contribution in [1.29, 1.82) is 0 Å². The van der Waals surface area contributed by atoms with Crippen molar-refractivity contribution in [3.05, 3.63) is 94.0 Å². The van der Waals surface area contributed by atoms with E-state index in [4.69, 9.17) is 16.3 Å². The Bertz CT molecular complexity index is 1440. The molecule has 4 aromatic rings. The van der Waals surface area contributed by atoms with E-state index in [0.29, 0.717) is 35.0 Å². The van der Waals surface area contributed by atoms with Crippen LogP contribution in [-0.2, 0) is 9.53 Å². The molecule has 0 saturated carbocycles. The van der Waals surface area contributed by atoms with Gasteiger partial charge in [0.05, 0.1) is 17.5 Å². The number of aromatic amines is 1. The highest BCUT2D eigenvalue weighted by atomic mass is 35.5. The van der Waals surface area contributed by atoms with Gasteiger partial charge in [-0.2, -0.15) is 0 Å². The van der Waals surface area contributed by atoms with Crippen molar-refractivity contribution in [3.8, 4) is 5.69 Å². The van der Waals surface area contributed by atoms with Crippen molar-refractivity contribution in [2.75, 3.05) is 18.5 Å². The van der Waals surface area contributed by atoms with Crippen LogP contribution in [0.3, 0.4) is 0 Å². The third kappa shape index (κ3) is 4.84. The average molecular weight is 491 g/mol. The molecule has 2 atom stereocenters. The van der Waals surface area contributed by atoms with Crippen LogP contribution >= 0.6 is 11.6 Å². The minimum absolute atomic E-state index is 0.138. The molecule has 3 heterocycles. The Morgan fingerprint density at radius 3 is 2.71 bits per heavy atom. The van der Waals surface area contributed by atoms with Crippen molar-refractivity contribution in [2.24, 2.45) is 5.92 Å². The number of rotatable bonds is 5. The number of fused-ring (bicyclic) bond motifs is 1. The standard InChI is InChI=1S/C26H23ClN4O4/c27-21-14-28-23-13-16(4-9-19(21)23)25(33)30-22-10-12-35-15-20(22)26(34)29-17-5-7-18(8-6-17)31-11-2-1-3-24(31)32/h1-9,11,13-14,20,22,28H,10,12,15H2,(H,29,34)(H,30,33)/t20-,22-/m1/s1. The van der Waals surface area contributed by atoms with Crippen LogP contribution in [0, 0.1) is 5.92 Å². The summed E-state index contributed by atoms with van der Waals surface area (Å²) in [6.45, 7) is 0.667. The van der Waals surface area contributed by atoms with Crippen LogP contribution in [0.2, 0.25) is 5.02 Å². The lowest BCUT2D eigenvalue weighted by Crippen LogP contribution is -2.50. The molecule has 0 radical (unpaired) electrons. The molecule has 1 aliphatic rings. The summed E-state index contributed by atoms with van der Waals surface area (Å²) in [7, 11) is 0. The zero-order valence-corrected chi connectivity index (χ0v) is 19.4. The summed E-state index contributed by atoms with van der Waals surface area (Å²) in [5.41, 5.74) is 2.40. The molecule has 3 N–H and O–H groups in total. The van der Waals surface area contributed by atoms with Crippen molar-refractivity contribution in [3.63, 3.8) is 0 Å². The van der Waals surface area contributed by atoms with E-state index in [1.807, 2.05) is 0 Å². The molecule has 1 saturated heterocycles. The first-order chi connectivity index (χ1) is 17.0. The highest BCUT2D eigenvalue weighted by Crippen LogP contribution is 2.24. The number of ether oxygens (including phenoxy) is 1. The maximum atomic E-state index is 13.1. The number of nitrogens with zero attached hydrogens (tertiary/aromatic N) is 1. The van der Waals surface area contributed by atoms with Gasteiger partial charge in [0, 0.05) is 58.9 Å². The Labute approximate surface area is 205 Å². The van der Waals surface area contributed by atoms with Crippen LogP contribution < -0.4 is 16.2 Å². The van der Waals surface area contributed by atoms with Crippen LogP contribution in [0.15, 0.2) is 77.9 Å². The van der Waals surface area contributed by atoms with E-state index in [1.54, 1.807) is 67.0 Å². The van der Waals surface area contributed by atoms with E-state index < -0.39 is 5.92 Å². The van der Waals surface area contributed by atoms with Crippen LogP contribution in [0.25, 0.3) is 16.6 Å². The first-order valence-corrected chi connectivity index (χ1v) is 11.6. The predicted octanol–water partition coefficient (Wildman–Crippen LogP) is 3.75. The summed E-state index contributed by atoms with van der Waals surface area (Å²) < 4.78 is 7.06. The number of aromatic nitrogens is 2. The molecule has 2 amide bonds. The Kier molecular flexibility index (Phi) is 6.39. The third-order valence-corrected chi connectivity index (χ3v) is 6.45. The summed E-state index contributed by atoms with van der Waals surface area (Å²) in [4.78, 5) is 41.1. The van der Waals surface area contributed by atoms with Gasteiger partial charge in [0.15, 0.2) is 0 Å². The fourth-order valence-electron chi connectivity index (χ4n) is 4.23. The zero-order valence-electron chi connectivity index (χ0n) is 18.7. The second kappa shape index (κ2) is 9.77. The maximum absolute atomic E-state index is 13.1. The first-order valence-electron chi connectivity index (χ1n) is 11.2. The quantitative estimate of drug-likeness (QED) is 0.396. The highest BCUT2D eigenvalue weighted by molar-refractivity contribution is 6.35. The number of carbonyl (C=O) groups excluding carboxylic acids is 2. The number of hydrogen-bond acceptors (Lipinski definition) is 4. The predicted molar refractivity (Wildman–Crippen MR) is 134 cm³/mol. The van der Waals surface area contributed by atoms with Crippen LogP contribution in [0.5, 0.6) is 0 Å². The summed E-state index contributed by atoms with van der Waals surface area (Å²) >= 11 is 6.12. The van der Waals surface area contributed by atoms with Gasteiger partial charge in [-0.15, -0.1) is 0 Å². The summed E-state index contributed by atoms with van der Waals surface area (Å²) in [5, 5.41) is 7.33. The molecule has 0 unspecified atom stereocenters. The molecular formula is C26H23ClN4O4. The third-order valence-electron chi connectivity index (χ3n) is 6.14. The molecule has 5 rings (SSSR count). The minimum Gasteiger partial charge on any atom is -0.380 e. The molecule has 0 bridgehead atoms. The minimum atomic E-state index is -0.548. The van der Waals surface area contributed by atoms with Crippen LogP contribution in [0.1, 0.15) is 16.8 Å². The normalized spacial score (nSPS) is 17.7. The second-order valence-electron chi connectivity index (χ2n) is 8.39. The van der Waals surface area contributed by atoms with E-state index in [-0.39, 0.29) is 30.0 Å². The molecule has 1 fully saturated rings. The molecule has 0 aliphatic carbocycles. The van der Waals surface area contributed by atoms with Gasteiger partial charge < -0.3 is 20.4 Å². The lowest BCUT2D eigenvalue weighted by Gasteiger charge is -2.31. The fourth-order valence-corrected chi connectivity index (χ4v) is 4.45. The topological polar surface area (TPSA) is 105 Å². The highest BCUT2D eigenvalue weighted by Gasteiger charge is 2.33. The Morgan fingerprint density at radius 1 is 1.09 bits per heavy atom. The number of benzene rings is 2. The number of amides is 2. The van der Waals surface area contributed by atoms with Gasteiger partial charge in [-0.05, 0) is 48.9 Å². The molecule has 1 aliphatic heterocycles. The van der Waals surface area contributed by atoms with Gasteiger partial charge in [-0.25, -0.2) is 0 Å². The van der Waals surface area contributed by atoms with Gasteiger partial charge in [-0.3, -0.25) is 19.0 Å². The summed E-state index contributed by atoms with van der Waals surface area (Å²) in [5.74, 6) is -1.06. The number of pyridine rings is 1. The number of carbonyl (C=O) groups is 2. The second-order valence-corrected chi connectivity index (χ2v) is 8.80. The smallest absolute Gasteiger partial charge is 0.255 e. The fraction of sp³-hybridized carbons (Fsp3) is 0.192. The Hall–Kier alpha value is -3.88. The van der Waals surface area contributed by atoms with Gasteiger partial charge in [0.25, 0.3) is 11.5 Å². The molecule has 2 aromatic carbocycles. The van der Waals surface area contributed by atoms with E-state index in [0.717, 1.165) is 10.9 Å². The van der Waals surface area contributed by atoms with Crippen molar-refractivity contribution >= 4 is 40.0 Å². The largest absolute Gasteiger partial charge is 0.380 e. The average Bonchev–Trinajstić information content (AvgIpc) is 3.25. The molecule has 9 heteroatoms. The molecule has 8 nitrogen and oxygen atoms in total. The van der Waals surface area contributed by atoms with Gasteiger partial charge in [0.2, 0.25) is 5.91 Å². The van der Waals surface area contributed by atoms with E-state index in [9.17, 15) is 14.4 Å². The van der Waals surface area contributed by atoms with Crippen molar-refractivity contribution < 1.29 is 14.3 Å². The lowest BCUT2D eigenvalue weighted by molar-refractivity contribution is -0.124. The van der Waals surface area contributed by atoms with Gasteiger partial charge in [0.1, 0.15) is 0 Å². The molecule has 2 aromatic heterocycles. The number of H-pyrrole nitrogens is 1. The lowest BCUT2D eigenvalue weighted by atomic mass is 9.94. The molecule has 0 spiro atoms. The molecule has 178 valence electrons. The molecular weight excluding hydrogens is 468 g/mol. The van der Waals surface area contributed by atoms with Crippen LogP contribution in [-0.4, -0.2) is 40.6 Å². The van der Waals surface area contributed by atoms with Gasteiger partial charge in [-0.1, -0.05) is 23.7 Å². The van der Waals surface area contributed by atoms with Crippen molar-refractivity contribution in [2.45, 2.75) is 12.5 Å². The van der Waals surface area contributed by atoms with E-state index >= 15 is 0 Å². The number of hydrogen-bond donors (Lipinski definition) is 3. The zero-order chi connectivity index (χ0) is 24.4. The maximum Gasteiger partial charge on any atom is 0.255 e.